The van der Waals surface area contributed by atoms with E-state index in [1.54, 1.807) is 24.7 Å². The Hall–Kier alpha value is -1.97. The van der Waals surface area contributed by atoms with Crippen molar-refractivity contribution in [2.45, 2.75) is 19.8 Å². The van der Waals surface area contributed by atoms with Gasteiger partial charge in [0.1, 0.15) is 5.82 Å². The van der Waals surface area contributed by atoms with Gasteiger partial charge in [0.05, 0.1) is 6.42 Å². The highest BCUT2D eigenvalue weighted by Crippen LogP contribution is 2.11. The van der Waals surface area contributed by atoms with E-state index in [0.29, 0.717) is 6.42 Å². The third-order valence-electron chi connectivity index (χ3n) is 2.82. The van der Waals surface area contributed by atoms with Gasteiger partial charge < -0.3 is 4.57 Å². The van der Waals surface area contributed by atoms with Gasteiger partial charge in [-0.3, -0.25) is 9.78 Å². The number of pyridine rings is 1. The van der Waals surface area contributed by atoms with Crippen molar-refractivity contribution in [3.63, 3.8) is 0 Å². The zero-order valence-electron chi connectivity index (χ0n) is 10.1. The number of aryl methyl sites for hydroxylation is 2. The second kappa shape index (κ2) is 4.91. The van der Waals surface area contributed by atoms with E-state index >= 15 is 0 Å². The molecule has 0 unspecified atom stereocenters. The smallest absolute Gasteiger partial charge is 0.170 e. The summed E-state index contributed by atoms with van der Waals surface area (Å²) in [5, 5.41) is 0. The number of imidazole rings is 1. The predicted molar refractivity (Wildman–Crippen MR) is 64.9 cm³/mol. The molecule has 0 aliphatic rings. The summed E-state index contributed by atoms with van der Waals surface area (Å²) in [5.41, 5.74) is 1.75. The Kier molecular flexibility index (Phi) is 3.32. The highest BCUT2D eigenvalue weighted by atomic mass is 16.1. The predicted octanol–water partition coefficient (Wildman–Crippen LogP) is 1.80. The van der Waals surface area contributed by atoms with E-state index in [4.69, 9.17) is 0 Å². The molecule has 17 heavy (non-hydrogen) atoms. The van der Waals surface area contributed by atoms with E-state index in [0.717, 1.165) is 23.4 Å². The summed E-state index contributed by atoms with van der Waals surface area (Å²) in [6.07, 6.45) is 8.11. The highest BCUT2D eigenvalue weighted by Gasteiger charge is 2.13. The zero-order valence-corrected chi connectivity index (χ0v) is 10.1. The third kappa shape index (κ3) is 2.41. The maximum absolute atomic E-state index is 12.2. The van der Waals surface area contributed by atoms with E-state index in [2.05, 4.69) is 9.97 Å². The molecular formula is C13H15N3O. The molecule has 0 atom stereocenters. The maximum Gasteiger partial charge on any atom is 0.170 e. The van der Waals surface area contributed by atoms with E-state index in [9.17, 15) is 4.79 Å². The second-order valence-electron chi connectivity index (χ2n) is 3.94. The van der Waals surface area contributed by atoms with Crippen LogP contribution in [-0.4, -0.2) is 20.3 Å². The van der Waals surface area contributed by atoms with Crippen molar-refractivity contribution in [1.29, 1.82) is 0 Å². The van der Waals surface area contributed by atoms with Crippen molar-refractivity contribution < 1.29 is 4.79 Å². The Morgan fingerprint density at radius 3 is 2.88 bits per heavy atom. The van der Waals surface area contributed by atoms with Crippen LogP contribution in [-0.2, 0) is 19.9 Å². The van der Waals surface area contributed by atoms with Crippen LogP contribution in [0, 0.1) is 0 Å². The van der Waals surface area contributed by atoms with E-state index in [1.807, 2.05) is 24.7 Å². The number of rotatable bonds is 4. The lowest BCUT2D eigenvalue weighted by Crippen LogP contribution is -2.10. The molecule has 4 heteroatoms. The summed E-state index contributed by atoms with van der Waals surface area (Å²) in [5.74, 6) is 0.882. The van der Waals surface area contributed by atoms with Crippen LogP contribution < -0.4 is 0 Å². The van der Waals surface area contributed by atoms with Crippen LogP contribution in [0.4, 0.5) is 0 Å². The first kappa shape index (κ1) is 11.5. The lowest BCUT2D eigenvalue weighted by atomic mass is 10.0. The molecule has 0 saturated carbocycles. The lowest BCUT2D eigenvalue weighted by Gasteiger charge is -2.06. The number of hydrogen-bond acceptors (Lipinski definition) is 3. The van der Waals surface area contributed by atoms with Crippen LogP contribution in [0.3, 0.4) is 0 Å². The van der Waals surface area contributed by atoms with Gasteiger partial charge in [-0.25, -0.2) is 4.98 Å². The monoisotopic (exact) mass is 229 g/mol. The van der Waals surface area contributed by atoms with Crippen molar-refractivity contribution in [3.8, 4) is 0 Å². The average Bonchev–Trinajstić information content (AvgIpc) is 2.75. The minimum atomic E-state index is 0.0959. The van der Waals surface area contributed by atoms with Crippen LogP contribution in [0.5, 0.6) is 0 Å². The summed E-state index contributed by atoms with van der Waals surface area (Å²) in [4.78, 5) is 20.4. The minimum Gasteiger partial charge on any atom is -0.338 e. The Labute approximate surface area is 100 Å². The number of aromatic nitrogens is 3. The summed E-state index contributed by atoms with van der Waals surface area (Å²) in [6, 6.07) is 1.78. The van der Waals surface area contributed by atoms with Gasteiger partial charge in [-0.1, -0.05) is 6.92 Å². The van der Waals surface area contributed by atoms with Gasteiger partial charge in [0.2, 0.25) is 0 Å². The van der Waals surface area contributed by atoms with Crippen molar-refractivity contribution in [1.82, 2.24) is 14.5 Å². The SMILES string of the molecule is CCc1cnccc1C(=O)Cc1nccn1C. The minimum absolute atomic E-state index is 0.0959. The molecule has 2 aromatic rings. The number of nitrogens with zero attached hydrogens (tertiary/aromatic N) is 3. The fourth-order valence-electron chi connectivity index (χ4n) is 1.79. The van der Waals surface area contributed by atoms with E-state index < -0.39 is 0 Å². The summed E-state index contributed by atoms with van der Waals surface area (Å²) in [7, 11) is 1.89. The van der Waals surface area contributed by atoms with Crippen LogP contribution in [0.25, 0.3) is 0 Å². The van der Waals surface area contributed by atoms with E-state index in [-0.39, 0.29) is 5.78 Å². The van der Waals surface area contributed by atoms with Gasteiger partial charge in [0.15, 0.2) is 5.78 Å². The number of hydrogen-bond donors (Lipinski definition) is 0. The molecule has 4 nitrogen and oxygen atoms in total. The van der Waals surface area contributed by atoms with Gasteiger partial charge in [0.25, 0.3) is 0 Å². The van der Waals surface area contributed by atoms with Gasteiger partial charge in [-0.2, -0.15) is 0 Å². The molecule has 0 amide bonds. The molecule has 0 aliphatic carbocycles. The Bertz CT molecular complexity index is 531. The fourth-order valence-corrected chi connectivity index (χ4v) is 1.79. The average molecular weight is 229 g/mol. The summed E-state index contributed by atoms with van der Waals surface area (Å²) >= 11 is 0. The lowest BCUT2D eigenvalue weighted by molar-refractivity contribution is 0.0989. The molecule has 2 heterocycles. The molecule has 2 aromatic heterocycles. The summed E-state index contributed by atoms with van der Waals surface area (Å²) in [6.45, 7) is 2.02. The Morgan fingerprint density at radius 2 is 2.24 bits per heavy atom. The van der Waals surface area contributed by atoms with Gasteiger partial charge in [-0.05, 0) is 18.1 Å². The van der Waals surface area contributed by atoms with Gasteiger partial charge in [0, 0.05) is 37.4 Å². The van der Waals surface area contributed by atoms with Crippen LogP contribution in [0.15, 0.2) is 30.9 Å². The van der Waals surface area contributed by atoms with Crippen LogP contribution in [0.1, 0.15) is 28.7 Å². The van der Waals surface area contributed by atoms with Crippen molar-refractivity contribution >= 4 is 5.78 Å². The molecule has 0 N–H and O–H groups in total. The van der Waals surface area contributed by atoms with Gasteiger partial charge >= 0.3 is 0 Å². The zero-order chi connectivity index (χ0) is 12.3. The van der Waals surface area contributed by atoms with Crippen molar-refractivity contribution in [2.75, 3.05) is 0 Å². The van der Waals surface area contributed by atoms with Crippen molar-refractivity contribution in [2.24, 2.45) is 7.05 Å². The second-order valence-corrected chi connectivity index (χ2v) is 3.94. The number of carbonyl (C=O) groups is 1. The summed E-state index contributed by atoms with van der Waals surface area (Å²) < 4.78 is 1.87. The normalized spacial score (nSPS) is 10.5. The molecule has 0 spiro atoms. The molecule has 0 saturated heterocycles. The number of Topliss-reactive ketones (excluding diaryl/α,β-unsaturated/α-hetero) is 1. The molecular weight excluding hydrogens is 214 g/mol. The molecule has 88 valence electrons. The number of carbonyl (C=O) groups excluding carboxylic acids is 1. The molecule has 0 radical (unpaired) electrons. The fraction of sp³-hybridized carbons (Fsp3) is 0.308. The third-order valence-corrected chi connectivity index (χ3v) is 2.82. The molecule has 0 aliphatic heterocycles. The standard InChI is InChI=1S/C13H15N3O/c1-3-10-9-14-5-4-11(10)12(17)8-13-15-6-7-16(13)2/h4-7,9H,3,8H2,1-2H3. The van der Waals surface area contributed by atoms with Crippen LogP contribution in [0.2, 0.25) is 0 Å². The van der Waals surface area contributed by atoms with Gasteiger partial charge in [-0.15, -0.1) is 0 Å². The Morgan fingerprint density at radius 1 is 1.41 bits per heavy atom. The molecule has 0 fully saturated rings. The first-order valence-corrected chi connectivity index (χ1v) is 5.64. The number of ketones is 1. The molecule has 0 aromatic carbocycles. The topological polar surface area (TPSA) is 47.8 Å². The van der Waals surface area contributed by atoms with Crippen molar-refractivity contribution in [3.05, 3.63) is 47.8 Å². The quantitative estimate of drug-likeness (QED) is 0.751. The largest absolute Gasteiger partial charge is 0.338 e. The van der Waals surface area contributed by atoms with E-state index in [1.165, 1.54) is 0 Å². The maximum atomic E-state index is 12.2. The first-order valence-electron chi connectivity index (χ1n) is 5.64. The highest BCUT2D eigenvalue weighted by molar-refractivity contribution is 5.98. The Balaban J connectivity index is 2.23. The first-order chi connectivity index (χ1) is 8.22. The molecule has 2 rings (SSSR count). The molecule has 0 bridgehead atoms. The van der Waals surface area contributed by atoms with Crippen LogP contribution >= 0.6 is 0 Å².